The maximum absolute atomic E-state index is 13.9. The summed E-state index contributed by atoms with van der Waals surface area (Å²) >= 11 is 5.79. The van der Waals surface area contributed by atoms with E-state index in [0.29, 0.717) is 18.4 Å². The predicted octanol–water partition coefficient (Wildman–Crippen LogP) is 3.10. The number of hydrazine groups is 1. The first-order valence-corrected chi connectivity index (χ1v) is 7.03. The van der Waals surface area contributed by atoms with Crippen LogP contribution in [0.5, 0.6) is 5.75 Å². The zero-order valence-corrected chi connectivity index (χ0v) is 12.5. The molecule has 0 bridgehead atoms. The molecule has 2 aromatic rings. The number of ether oxygens (including phenoxy) is 1. The minimum absolute atomic E-state index is 0.0774. The van der Waals surface area contributed by atoms with E-state index in [1.165, 1.54) is 6.07 Å². The minimum atomic E-state index is -0.380. The highest BCUT2D eigenvalue weighted by Gasteiger charge is 2.13. The number of nitrogens with one attached hydrogen (secondary N) is 1. The van der Waals surface area contributed by atoms with Crippen LogP contribution >= 0.6 is 11.6 Å². The van der Waals surface area contributed by atoms with Gasteiger partial charge in [-0.3, -0.25) is 11.3 Å². The maximum atomic E-state index is 13.9. The van der Waals surface area contributed by atoms with Crippen molar-refractivity contribution in [2.75, 3.05) is 7.11 Å². The highest BCUT2D eigenvalue weighted by molar-refractivity contribution is 6.30. The van der Waals surface area contributed by atoms with Crippen molar-refractivity contribution >= 4 is 11.6 Å². The molecule has 0 radical (unpaired) electrons. The molecule has 0 saturated carbocycles. The molecule has 1 atom stereocenters. The van der Waals surface area contributed by atoms with E-state index in [0.717, 1.165) is 11.3 Å². The largest absolute Gasteiger partial charge is 0.497 e. The zero-order valence-electron chi connectivity index (χ0n) is 11.8. The molecule has 5 heteroatoms. The Bertz CT molecular complexity index is 589. The Kier molecular flexibility index (Phi) is 5.56. The second kappa shape index (κ2) is 7.41. The maximum Gasteiger partial charge on any atom is 0.145 e. The number of hydrogen-bond donors (Lipinski definition) is 2. The average molecular weight is 309 g/mol. The Hall–Kier alpha value is -1.62. The van der Waals surface area contributed by atoms with Crippen LogP contribution in [0.4, 0.5) is 4.39 Å². The molecule has 112 valence electrons. The molecule has 2 aromatic carbocycles. The third kappa shape index (κ3) is 4.17. The number of methoxy groups -OCH3 is 1. The highest BCUT2D eigenvalue weighted by Crippen LogP contribution is 2.20. The molecule has 3 nitrogen and oxygen atoms in total. The first-order chi connectivity index (χ1) is 10.1. The molecule has 2 rings (SSSR count). The van der Waals surface area contributed by atoms with Gasteiger partial charge >= 0.3 is 0 Å². The quantitative estimate of drug-likeness (QED) is 0.637. The topological polar surface area (TPSA) is 47.3 Å². The summed E-state index contributed by atoms with van der Waals surface area (Å²) in [6, 6.07) is 12.6. The van der Waals surface area contributed by atoms with Crippen LogP contribution in [0.3, 0.4) is 0 Å². The van der Waals surface area contributed by atoms with Crippen molar-refractivity contribution in [1.29, 1.82) is 0 Å². The first kappa shape index (κ1) is 15.8. The van der Waals surface area contributed by atoms with E-state index < -0.39 is 0 Å². The number of nitrogens with two attached hydrogens (primary N) is 1. The summed E-state index contributed by atoms with van der Waals surface area (Å²) in [5, 5.41) is 0.132. The molecule has 0 fully saturated rings. The second-order valence-electron chi connectivity index (χ2n) is 4.83. The van der Waals surface area contributed by atoms with Gasteiger partial charge < -0.3 is 4.74 Å². The zero-order chi connectivity index (χ0) is 15.2. The van der Waals surface area contributed by atoms with Gasteiger partial charge in [0.15, 0.2) is 0 Å². The third-order valence-corrected chi connectivity index (χ3v) is 3.67. The molecule has 1 unspecified atom stereocenters. The Morgan fingerprint density at radius 2 is 1.90 bits per heavy atom. The Morgan fingerprint density at radius 1 is 1.19 bits per heavy atom. The lowest BCUT2D eigenvalue weighted by atomic mass is 9.99. The summed E-state index contributed by atoms with van der Waals surface area (Å²) < 4.78 is 19.0. The smallest absolute Gasteiger partial charge is 0.145 e. The van der Waals surface area contributed by atoms with Crippen LogP contribution in [0.15, 0.2) is 42.5 Å². The van der Waals surface area contributed by atoms with Crippen molar-refractivity contribution < 1.29 is 9.13 Å². The molecule has 0 amide bonds. The van der Waals surface area contributed by atoms with Crippen LogP contribution in [0.1, 0.15) is 11.1 Å². The van der Waals surface area contributed by atoms with Crippen molar-refractivity contribution in [3.63, 3.8) is 0 Å². The fourth-order valence-electron chi connectivity index (χ4n) is 2.21. The monoisotopic (exact) mass is 308 g/mol. The Labute approximate surface area is 128 Å². The number of halogens is 2. The molecular weight excluding hydrogens is 291 g/mol. The summed E-state index contributed by atoms with van der Waals surface area (Å²) in [5.74, 6) is 6.00. The Balaban J connectivity index is 2.07. The van der Waals surface area contributed by atoms with E-state index in [2.05, 4.69) is 5.43 Å². The van der Waals surface area contributed by atoms with Gasteiger partial charge in [-0.1, -0.05) is 35.9 Å². The molecule has 0 spiro atoms. The van der Waals surface area contributed by atoms with Crippen molar-refractivity contribution in [2.24, 2.45) is 5.84 Å². The molecular formula is C16H18ClFN2O. The van der Waals surface area contributed by atoms with Crippen molar-refractivity contribution in [1.82, 2.24) is 5.43 Å². The van der Waals surface area contributed by atoms with Gasteiger partial charge in [0.05, 0.1) is 12.1 Å². The summed E-state index contributed by atoms with van der Waals surface area (Å²) in [6.07, 6.45) is 1.15. The molecule has 0 aliphatic heterocycles. The van der Waals surface area contributed by atoms with Gasteiger partial charge in [-0.25, -0.2) is 4.39 Å². The van der Waals surface area contributed by atoms with Gasteiger partial charge in [0.2, 0.25) is 0 Å². The van der Waals surface area contributed by atoms with Crippen molar-refractivity contribution in [3.8, 4) is 5.75 Å². The number of hydrogen-bond acceptors (Lipinski definition) is 3. The standard InChI is InChI=1S/C16H18ClFN2O/c1-21-14-7-5-11(6-8-14)9-13(20-19)10-12-3-2-4-15(17)16(12)18/h2-8,13,20H,9-10,19H2,1H3. The van der Waals surface area contributed by atoms with E-state index in [9.17, 15) is 4.39 Å². The fourth-order valence-corrected chi connectivity index (χ4v) is 2.40. The minimum Gasteiger partial charge on any atom is -0.497 e. The third-order valence-electron chi connectivity index (χ3n) is 3.37. The normalized spacial score (nSPS) is 12.2. The average Bonchev–Trinajstić information content (AvgIpc) is 2.51. The van der Waals surface area contributed by atoms with E-state index in [-0.39, 0.29) is 16.9 Å². The highest BCUT2D eigenvalue weighted by atomic mass is 35.5. The molecule has 0 heterocycles. The van der Waals surface area contributed by atoms with Gasteiger partial charge in [0.25, 0.3) is 0 Å². The van der Waals surface area contributed by atoms with E-state index in [1.54, 1.807) is 19.2 Å². The molecule has 3 N–H and O–H groups in total. The fraction of sp³-hybridized carbons (Fsp3) is 0.250. The summed E-state index contributed by atoms with van der Waals surface area (Å²) in [5.41, 5.74) is 4.39. The molecule has 0 aliphatic carbocycles. The van der Waals surface area contributed by atoms with E-state index >= 15 is 0 Å². The predicted molar refractivity (Wildman–Crippen MR) is 82.9 cm³/mol. The Morgan fingerprint density at radius 3 is 2.52 bits per heavy atom. The van der Waals surface area contributed by atoms with Crippen molar-refractivity contribution in [3.05, 3.63) is 64.4 Å². The van der Waals surface area contributed by atoms with Crippen LogP contribution in [0, 0.1) is 5.82 Å². The van der Waals surface area contributed by atoms with Gasteiger partial charge in [-0.05, 0) is 42.2 Å². The first-order valence-electron chi connectivity index (χ1n) is 6.66. The van der Waals surface area contributed by atoms with Crippen LogP contribution in [-0.2, 0) is 12.8 Å². The van der Waals surface area contributed by atoms with Gasteiger partial charge in [0, 0.05) is 6.04 Å². The molecule has 0 saturated heterocycles. The number of rotatable bonds is 6. The molecule has 0 aromatic heterocycles. The summed E-state index contributed by atoms with van der Waals surface area (Å²) in [7, 11) is 1.63. The van der Waals surface area contributed by atoms with Crippen molar-refractivity contribution in [2.45, 2.75) is 18.9 Å². The second-order valence-corrected chi connectivity index (χ2v) is 5.24. The van der Waals surface area contributed by atoms with Crippen LogP contribution < -0.4 is 16.0 Å². The van der Waals surface area contributed by atoms with E-state index in [1.807, 2.05) is 24.3 Å². The SMILES string of the molecule is COc1ccc(CC(Cc2cccc(Cl)c2F)NN)cc1. The van der Waals surface area contributed by atoms with Crippen LogP contribution in [0.2, 0.25) is 5.02 Å². The lowest BCUT2D eigenvalue weighted by molar-refractivity contribution is 0.414. The van der Waals surface area contributed by atoms with Gasteiger partial charge in [-0.15, -0.1) is 0 Å². The molecule has 0 aliphatic rings. The number of benzene rings is 2. The van der Waals surface area contributed by atoms with Crippen LogP contribution in [0.25, 0.3) is 0 Å². The van der Waals surface area contributed by atoms with Crippen LogP contribution in [-0.4, -0.2) is 13.2 Å². The lowest BCUT2D eigenvalue weighted by Crippen LogP contribution is -2.38. The van der Waals surface area contributed by atoms with Gasteiger partial charge in [0.1, 0.15) is 11.6 Å². The molecule has 21 heavy (non-hydrogen) atoms. The summed E-state index contributed by atoms with van der Waals surface area (Å²) in [4.78, 5) is 0. The van der Waals surface area contributed by atoms with E-state index in [4.69, 9.17) is 22.2 Å². The van der Waals surface area contributed by atoms with Gasteiger partial charge in [-0.2, -0.15) is 0 Å². The lowest BCUT2D eigenvalue weighted by Gasteiger charge is -2.17. The summed E-state index contributed by atoms with van der Waals surface area (Å²) in [6.45, 7) is 0.